The predicted octanol–water partition coefficient (Wildman–Crippen LogP) is 8.34. The van der Waals surface area contributed by atoms with Gasteiger partial charge in [0.1, 0.15) is 70.3 Å². The fourth-order valence-corrected chi connectivity index (χ4v) is 3.88. The van der Waals surface area contributed by atoms with E-state index in [0.717, 1.165) is 0 Å². The number of hydrogen-bond donors (Lipinski definition) is 0. The topological polar surface area (TPSA) is 132 Å². The Balaban J connectivity index is 1.22. The van der Waals surface area contributed by atoms with Crippen LogP contribution in [-0.2, 0) is 0 Å². The Morgan fingerprint density at radius 3 is 0.929 bits per heavy atom. The number of rotatable bonds is 8. The van der Waals surface area contributed by atoms with Gasteiger partial charge in [-0.2, -0.15) is 21.0 Å². The van der Waals surface area contributed by atoms with Crippen molar-refractivity contribution in [3.8, 4) is 70.3 Å². The van der Waals surface area contributed by atoms with Crippen molar-refractivity contribution >= 4 is 0 Å². The highest BCUT2D eigenvalue weighted by Crippen LogP contribution is 2.32. The van der Waals surface area contributed by atoms with E-state index in [4.69, 9.17) is 29.5 Å². The average molecular weight is 547 g/mol. The number of nitriles is 4. The quantitative estimate of drug-likeness (QED) is 0.190. The number of benzene rings is 5. The molecule has 0 saturated heterocycles. The van der Waals surface area contributed by atoms with Crippen LogP contribution in [0.5, 0.6) is 46.0 Å². The Morgan fingerprint density at radius 1 is 0.310 bits per heavy atom. The normalized spacial score (nSPS) is 9.81. The van der Waals surface area contributed by atoms with Crippen molar-refractivity contribution in [1.29, 1.82) is 21.0 Å². The third kappa shape index (κ3) is 6.45. The zero-order chi connectivity index (χ0) is 29.3. The highest BCUT2D eigenvalue weighted by atomic mass is 16.5. The number of nitrogens with zero attached hydrogens (tertiary/aromatic N) is 4. The molecule has 5 rings (SSSR count). The maximum absolute atomic E-state index is 9.24. The Hall–Kier alpha value is -6.74. The lowest BCUT2D eigenvalue weighted by Crippen LogP contribution is -1.90. The summed E-state index contributed by atoms with van der Waals surface area (Å²) < 4.78 is 23.7. The van der Waals surface area contributed by atoms with Crippen LogP contribution >= 0.6 is 0 Å². The summed E-state index contributed by atoms with van der Waals surface area (Å²) in [5, 5.41) is 36.7. The van der Waals surface area contributed by atoms with Crippen LogP contribution in [0.2, 0.25) is 0 Å². The highest BCUT2D eigenvalue weighted by molar-refractivity contribution is 5.51. The molecule has 0 aliphatic carbocycles. The molecule has 0 fully saturated rings. The maximum Gasteiger partial charge on any atom is 0.131 e. The first-order valence-electron chi connectivity index (χ1n) is 12.5. The van der Waals surface area contributed by atoms with Crippen LogP contribution in [0, 0.1) is 45.3 Å². The molecule has 0 aliphatic heterocycles. The Labute approximate surface area is 241 Å². The summed E-state index contributed by atoms with van der Waals surface area (Å²) in [6, 6.07) is 38.5. The lowest BCUT2D eigenvalue weighted by molar-refractivity contribution is 0.452. The fraction of sp³-hybridized carbons (Fsp3) is 0. The van der Waals surface area contributed by atoms with E-state index in [9.17, 15) is 10.5 Å². The van der Waals surface area contributed by atoms with Crippen molar-refractivity contribution in [3.05, 3.63) is 131 Å². The van der Waals surface area contributed by atoms with Gasteiger partial charge in [-0.1, -0.05) is 12.1 Å². The smallest absolute Gasteiger partial charge is 0.131 e. The van der Waals surface area contributed by atoms with Gasteiger partial charge in [0.2, 0.25) is 0 Å². The molecule has 8 nitrogen and oxygen atoms in total. The van der Waals surface area contributed by atoms with E-state index in [1.807, 2.05) is 24.3 Å². The average Bonchev–Trinajstić information content (AvgIpc) is 3.02. The van der Waals surface area contributed by atoms with Crippen LogP contribution in [0.1, 0.15) is 22.3 Å². The van der Waals surface area contributed by atoms with Gasteiger partial charge in [0, 0.05) is 12.1 Å². The van der Waals surface area contributed by atoms with Gasteiger partial charge in [-0.25, -0.2) is 0 Å². The first-order chi connectivity index (χ1) is 20.6. The lowest BCUT2D eigenvalue weighted by Gasteiger charge is -2.11. The molecule has 0 N–H and O–H groups in total. The SMILES string of the molecule is N#Cc1ccc(Oc2cccc(Oc3ccc(Oc4cccc(Oc5ccc(C#N)c(C#N)c5)c4)cc3)c2)cc1C#N. The van der Waals surface area contributed by atoms with Crippen molar-refractivity contribution in [3.63, 3.8) is 0 Å². The second kappa shape index (κ2) is 12.4. The summed E-state index contributed by atoms with van der Waals surface area (Å²) in [5.41, 5.74) is 1.05. The van der Waals surface area contributed by atoms with E-state index in [1.54, 1.807) is 97.1 Å². The van der Waals surface area contributed by atoms with Gasteiger partial charge in [0.15, 0.2) is 0 Å². The molecular weight excluding hydrogens is 528 g/mol. The third-order valence-corrected chi connectivity index (χ3v) is 5.84. The van der Waals surface area contributed by atoms with Crippen LogP contribution in [0.4, 0.5) is 0 Å². The molecule has 0 radical (unpaired) electrons. The molecule has 0 saturated carbocycles. The van der Waals surface area contributed by atoms with Gasteiger partial charge in [-0.05, 0) is 84.9 Å². The minimum absolute atomic E-state index is 0.240. The van der Waals surface area contributed by atoms with Crippen LogP contribution < -0.4 is 18.9 Å². The minimum Gasteiger partial charge on any atom is -0.457 e. The number of ether oxygens (including phenoxy) is 4. The molecular formula is C34H18N4O4. The van der Waals surface area contributed by atoms with E-state index >= 15 is 0 Å². The van der Waals surface area contributed by atoms with Crippen molar-refractivity contribution in [1.82, 2.24) is 0 Å². The summed E-state index contributed by atoms with van der Waals surface area (Å²) in [6.45, 7) is 0. The summed E-state index contributed by atoms with van der Waals surface area (Å²) in [4.78, 5) is 0. The van der Waals surface area contributed by atoms with Crippen molar-refractivity contribution < 1.29 is 18.9 Å². The van der Waals surface area contributed by atoms with Crippen LogP contribution in [0.3, 0.4) is 0 Å². The second-order valence-corrected chi connectivity index (χ2v) is 8.69. The molecule has 0 atom stereocenters. The van der Waals surface area contributed by atoms with Gasteiger partial charge in [-0.15, -0.1) is 0 Å². The van der Waals surface area contributed by atoms with Crippen LogP contribution in [0.15, 0.2) is 109 Å². The van der Waals surface area contributed by atoms with Gasteiger partial charge in [0.25, 0.3) is 0 Å². The van der Waals surface area contributed by atoms with Crippen molar-refractivity contribution in [2.75, 3.05) is 0 Å². The molecule has 198 valence electrons. The molecule has 0 aliphatic rings. The van der Waals surface area contributed by atoms with E-state index in [1.165, 1.54) is 12.1 Å². The van der Waals surface area contributed by atoms with E-state index in [2.05, 4.69) is 0 Å². The van der Waals surface area contributed by atoms with Gasteiger partial charge < -0.3 is 18.9 Å². The molecule has 42 heavy (non-hydrogen) atoms. The summed E-state index contributed by atoms with van der Waals surface area (Å²) >= 11 is 0. The molecule has 5 aromatic carbocycles. The minimum atomic E-state index is 0.240. The van der Waals surface area contributed by atoms with Gasteiger partial charge >= 0.3 is 0 Å². The lowest BCUT2D eigenvalue weighted by atomic mass is 10.1. The molecule has 0 amide bonds. The fourth-order valence-electron chi connectivity index (χ4n) is 3.88. The third-order valence-electron chi connectivity index (χ3n) is 5.84. The summed E-state index contributed by atoms with van der Waals surface area (Å²) in [5.74, 6) is 4.13. The van der Waals surface area contributed by atoms with Crippen molar-refractivity contribution in [2.45, 2.75) is 0 Å². The highest BCUT2D eigenvalue weighted by Gasteiger charge is 2.08. The number of hydrogen-bond acceptors (Lipinski definition) is 8. The molecule has 0 aromatic heterocycles. The Kier molecular flexibility index (Phi) is 7.93. The molecule has 0 bridgehead atoms. The summed E-state index contributed by atoms with van der Waals surface area (Å²) in [6.07, 6.45) is 0. The first-order valence-corrected chi connectivity index (χ1v) is 12.5. The molecule has 0 heterocycles. The van der Waals surface area contributed by atoms with Gasteiger partial charge in [0.05, 0.1) is 22.3 Å². The molecule has 0 spiro atoms. The van der Waals surface area contributed by atoms with Crippen molar-refractivity contribution in [2.24, 2.45) is 0 Å². The predicted molar refractivity (Wildman–Crippen MR) is 151 cm³/mol. The standard InChI is InChI=1S/C34H18N4O4/c35-19-23-7-9-33(15-25(23)21-37)41-31-5-1-3-29(17-31)39-27-11-13-28(14-12-27)40-30-4-2-6-32(18-30)42-34-10-8-24(20-36)26(16-34)22-38/h1-18H. The van der Waals surface area contributed by atoms with Crippen LogP contribution in [0.25, 0.3) is 0 Å². The van der Waals surface area contributed by atoms with E-state index < -0.39 is 0 Å². The largest absolute Gasteiger partial charge is 0.457 e. The molecule has 0 unspecified atom stereocenters. The molecule has 8 heteroatoms. The Bertz CT molecular complexity index is 1800. The van der Waals surface area contributed by atoms with Crippen LogP contribution in [-0.4, -0.2) is 0 Å². The zero-order valence-corrected chi connectivity index (χ0v) is 21.8. The van der Waals surface area contributed by atoms with E-state index in [0.29, 0.717) is 46.0 Å². The second-order valence-electron chi connectivity index (χ2n) is 8.69. The van der Waals surface area contributed by atoms with E-state index in [-0.39, 0.29) is 22.3 Å². The first kappa shape index (κ1) is 26.9. The maximum atomic E-state index is 9.24. The Morgan fingerprint density at radius 2 is 0.595 bits per heavy atom. The monoisotopic (exact) mass is 546 g/mol. The zero-order valence-electron chi connectivity index (χ0n) is 21.8. The summed E-state index contributed by atoms with van der Waals surface area (Å²) in [7, 11) is 0. The van der Waals surface area contributed by atoms with Gasteiger partial charge in [-0.3, -0.25) is 0 Å². The molecule has 5 aromatic rings.